The topological polar surface area (TPSA) is 88.2 Å². The van der Waals surface area contributed by atoms with Crippen LogP contribution in [0.15, 0.2) is 6.07 Å². The molecule has 1 amide bonds. The lowest BCUT2D eigenvalue weighted by molar-refractivity contribution is -0.119. The van der Waals surface area contributed by atoms with Gasteiger partial charge in [-0.1, -0.05) is 0 Å². The minimum atomic E-state index is -0.0695. The Morgan fingerprint density at radius 1 is 1.24 bits per heavy atom. The molecule has 0 spiro atoms. The fourth-order valence-electron chi connectivity index (χ4n) is 1.66. The molecule has 0 saturated heterocycles. The number of amides is 1. The van der Waals surface area contributed by atoms with E-state index in [0.717, 1.165) is 6.54 Å². The fraction of sp³-hybridized carbons (Fsp3) is 0.643. The molecule has 7 nitrogen and oxygen atoms in total. The predicted octanol–water partition coefficient (Wildman–Crippen LogP) is 1.38. The number of anilines is 2. The summed E-state index contributed by atoms with van der Waals surface area (Å²) >= 11 is 0. The molecule has 1 rings (SSSR count). The van der Waals surface area contributed by atoms with Crippen LogP contribution in [0.4, 0.5) is 11.6 Å². The number of aromatic nitrogens is 2. The molecule has 7 heteroatoms. The van der Waals surface area contributed by atoms with Crippen molar-refractivity contribution >= 4 is 17.5 Å². The Kier molecular flexibility index (Phi) is 7.45. The Balaban J connectivity index is 2.70. The zero-order valence-electron chi connectivity index (χ0n) is 13.2. The van der Waals surface area contributed by atoms with Crippen LogP contribution in [-0.2, 0) is 16.1 Å². The summed E-state index contributed by atoms with van der Waals surface area (Å²) < 4.78 is 5.33. The van der Waals surface area contributed by atoms with Crippen molar-refractivity contribution in [3.8, 4) is 0 Å². The van der Waals surface area contributed by atoms with Gasteiger partial charge in [0.05, 0.1) is 6.54 Å². The van der Waals surface area contributed by atoms with Crippen molar-refractivity contribution in [3.05, 3.63) is 11.9 Å². The second-order valence-corrected chi connectivity index (χ2v) is 4.80. The largest absolute Gasteiger partial charge is 0.374 e. The number of carbonyl (C=O) groups is 1. The molecule has 118 valence electrons. The van der Waals surface area contributed by atoms with E-state index in [9.17, 15) is 4.79 Å². The number of nitrogens with zero attached hydrogens (tertiary/aromatic N) is 2. The minimum absolute atomic E-state index is 0.0695. The molecule has 0 aliphatic carbocycles. The highest BCUT2D eigenvalue weighted by atomic mass is 16.5. The molecule has 0 radical (unpaired) electrons. The first-order valence-electron chi connectivity index (χ1n) is 7.28. The summed E-state index contributed by atoms with van der Waals surface area (Å²) in [5, 5.41) is 8.96. The summed E-state index contributed by atoms with van der Waals surface area (Å²) in [6.07, 6.45) is 0. The highest BCUT2D eigenvalue weighted by Crippen LogP contribution is 2.11. The molecule has 1 aromatic heterocycles. The van der Waals surface area contributed by atoms with Crippen molar-refractivity contribution in [1.29, 1.82) is 0 Å². The molecule has 0 aliphatic rings. The molecule has 3 N–H and O–H groups in total. The molecule has 0 saturated carbocycles. The zero-order chi connectivity index (χ0) is 15.7. The Morgan fingerprint density at radius 3 is 2.48 bits per heavy atom. The number of rotatable bonds is 9. The van der Waals surface area contributed by atoms with Crippen LogP contribution in [0.5, 0.6) is 0 Å². The van der Waals surface area contributed by atoms with E-state index in [2.05, 4.69) is 25.9 Å². The van der Waals surface area contributed by atoms with Gasteiger partial charge in [-0.2, -0.15) is 0 Å². The minimum Gasteiger partial charge on any atom is -0.374 e. The average Bonchev–Trinajstić information content (AvgIpc) is 2.42. The van der Waals surface area contributed by atoms with Crippen LogP contribution in [0.25, 0.3) is 0 Å². The summed E-state index contributed by atoms with van der Waals surface area (Å²) in [5.41, 5.74) is 0. The molecule has 1 aromatic rings. The lowest BCUT2D eigenvalue weighted by Gasteiger charge is -2.12. The molecule has 0 aromatic carbocycles. The van der Waals surface area contributed by atoms with Gasteiger partial charge in [0.15, 0.2) is 5.82 Å². The van der Waals surface area contributed by atoms with Crippen LogP contribution < -0.4 is 16.0 Å². The van der Waals surface area contributed by atoms with Gasteiger partial charge in [0.2, 0.25) is 5.91 Å². The molecular weight excluding hydrogens is 270 g/mol. The second-order valence-electron chi connectivity index (χ2n) is 4.80. The van der Waals surface area contributed by atoms with E-state index in [1.807, 2.05) is 27.7 Å². The number of hydrogen-bond donors (Lipinski definition) is 3. The summed E-state index contributed by atoms with van der Waals surface area (Å²) in [4.78, 5) is 20.3. The summed E-state index contributed by atoms with van der Waals surface area (Å²) in [7, 11) is 0. The summed E-state index contributed by atoms with van der Waals surface area (Å²) in [5.74, 6) is 1.84. The van der Waals surface area contributed by atoms with E-state index in [-0.39, 0.29) is 18.5 Å². The second kappa shape index (κ2) is 9.12. The predicted molar refractivity (Wildman–Crippen MR) is 83.3 cm³/mol. The van der Waals surface area contributed by atoms with Gasteiger partial charge in [-0.05, 0) is 27.7 Å². The van der Waals surface area contributed by atoms with Crippen LogP contribution in [0, 0.1) is 0 Å². The van der Waals surface area contributed by atoms with Crippen molar-refractivity contribution in [2.24, 2.45) is 0 Å². The van der Waals surface area contributed by atoms with Crippen molar-refractivity contribution in [3.63, 3.8) is 0 Å². The molecule has 0 atom stereocenters. The van der Waals surface area contributed by atoms with Gasteiger partial charge in [-0.15, -0.1) is 0 Å². The number of hydrogen-bond acceptors (Lipinski definition) is 6. The van der Waals surface area contributed by atoms with Crippen LogP contribution in [0.2, 0.25) is 0 Å². The van der Waals surface area contributed by atoms with Crippen molar-refractivity contribution in [2.75, 3.05) is 30.3 Å². The van der Waals surface area contributed by atoms with Gasteiger partial charge in [0.1, 0.15) is 18.2 Å². The molecule has 21 heavy (non-hydrogen) atoms. The van der Waals surface area contributed by atoms with E-state index in [1.54, 1.807) is 6.07 Å². The summed E-state index contributed by atoms with van der Waals surface area (Å²) in [6, 6.07) is 1.90. The van der Waals surface area contributed by atoms with Crippen LogP contribution in [0.3, 0.4) is 0 Å². The van der Waals surface area contributed by atoms with Crippen molar-refractivity contribution in [2.45, 2.75) is 40.3 Å². The molecule has 1 heterocycles. The third kappa shape index (κ3) is 6.89. The van der Waals surface area contributed by atoms with Crippen molar-refractivity contribution < 1.29 is 9.53 Å². The molecule has 0 fully saturated rings. The molecule has 0 unspecified atom stereocenters. The normalized spacial score (nSPS) is 10.5. The van der Waals surface area contributed by atoms with Crippen LogP contribution in [-0.4, -0.2) is 41.6 Å². The third-order valence-corrected chi connectivity index (χ3v) is 2.45. The first kappa shape index (κ1) is 17.2. The van der Waals surface area contributed by atoms with E-state index < -0.39 is 0 Å². The fourth-order valence-corrected chi connectivity index (χ4v) is 1.66. The maximum absolute atomic E-state index is 11.6. The highest BCUT2D eigenvalue weighted by molar-refractivity contribution is 5.80. The van der Waals surface area contributed by atoms with E-state index in [0.29, 0.717) is 30.7 Å². The first-order chi connectivity index (χ1) is 10.0. The van der Waals surface area contributed by atoms with E-state index in [1.165, 1.54) is 0 Å². The van der Waals surface area contributed by atoms with Crippen LogP contribution >= 0.6 is 0 Å². The van der Waals surface area contributed by atoms with Gasteiger partial charge in [0, 0.05) is 25.3 Å². The van der Waals surface area contributed by atoms with Gasteiger partial charge >= 0.3 is 0 Å². The SMILES string of the molecule is CCNc1cc(NCC(=O)NC(C)C)nc(COCC)n1. The van der Waals surface area contributed by atoms with Crippen LogP contribution in [0.1, 0.15) is 33.5 Å². The Bertz CT molecular complexity index is 451. The lowest BCUT2D eigenvalue weighted by atomic mass is 10.4. The Hall–Kier alpha value is -1.89. The Labute approximate surface area is 125 Å². The van der Waals surface area contributed by atoms with Gasteiger partial charge in [-0.25, -0.2) is 9.97 Å². The smallest absolute Gasteiger partial charge is 0.239 e. The maximum Gasteiger partial charge on any atom is 0.239 e. The van der Waals surface area contributed by atoms with E-state index in [4.69, 9.17) is 4.74 Å². The molecule has 0 bridgehead atoms. The quantitative estimate of drug-likeness (QED) is 0.638. The maximum atomic E-state index is 11.6. The average molecular weight is 295 g/mol. The Morgan fingerprint density at radius 2 is 1.90 bits per heavy atom. The van der Waals surface area contributed by atoms with Gasteiger partial charge in [-0.3, -0.25) is 4.79 Å². The molecular formula is C14H25N5O2. The van der Waals surface area contributed by atoms with Gasteiger partial charge < -0.3 is 20.7 Å². The molecule has 0 aliphatic heterocycles. The van der Waals surface area contributed by atoms with E-state index >= 15 is 0 Å². The highest BCUT2D eigenvalue weighted by Gasteiger charge is 2.07. The summed E-state index contributed by atoms with van der Waals surface area (Å²) in [6.45, 7) is 9.65. The monoisotopic (exact) mass is 295 g/mol. The number of ether oxygens (including phenoxy) is 1. The zero-order valence-corrected chi connectivity index (χ0v) is 13.2. The van der Waals surface area contributed by atoms with Crippen molar-refractivity contribution in [1.82, 2.24) is 15.3 Å². The number of nitrogens with one attached hydrogen (secondary N) is 3. The standard InChI is InChI=1S/C14H25N5O2/c1-5-15-11-7-12(16-8-14(20)17-10(3)4)19-13(18-11)9-21-6-2/h7,10H,5-6,8-9H2,1-4H3,(H,17,20)(H2,15,16,18,19). The number of carbonyl (C=O) groups excluding carboxylic acids is 1. The van der Waals surface area contributed by atoms with Gasteiger partial charge in [0.25, 0.3) is 0 Å². The third-order valence-electron chi connectivity index (χ3n) is 2.45. The lowest BCUT2D eigenvalue weighted by Crippen LogP contribution is -2.35. The first-order valence-corrected chi connectivity index (χ1v) is 7.28.